The summed E-state index contributed by atoms with van der Waals surface area (Å²) in [6.07, 6.45) is -2.81. The number of thiophene rings is 2. The summed E-state index contributed by atoms with van der Waals surface area (Å²) in [7, 11) is -3.47. The fraction of sp³-hybridized carbons (Fsp3) is 0.368. The number of methoxy groups -OCH3 is 1. The lowest BCUT2D eigenvalue weighted by Gasteiger charge is -2.33. The van der Waals surface area contributed by atoms with Crippen LogP contribution in [0.3, 0.4) is 0 Å². The van der Waals surface area contributed by atoms with Gasteiger partial charge in [-0.2, -0.15) is 36.9 Å². The Morgan fingerprint density at radius 2 is 1.01 bits per heavy atom. The number of rotatable bonds is 22. The number of fused-ring (bicyclic) bond motifs is 4. The number of likely N-dealkylation sites (tertiary alicyclic amines) is 2. The standard InChI is InChI=1S/C42H45F3N7O2PS.C34H37F3N7OPS/c1-27-30(25-51-16-14-31(15-17-51)50-40-36-21-34(22-42(43,44)45)56-41(36)49-26-48-40)8-12-38-35(27)20-32(23-46)52(38)18-13-28-7-11-37(39(19-28)55(3,4)53)47-24-29-5-9-33(54-2)10-6-29;1-21-23(5-7-30-27(21)15-25(18-38)44(30)13-8-22-4-6-29(39)31(14-22)46(2,3)45)19-43-11-9-24(10-12-43)42-32-28-16-26(17-34(35,36)37)47-33(28)41-20-40-32/h5-12,19-21,26,31,47H,13-18,22,24-25H2,1-4H3,(H,48,49,50);4-7,14-16,20,24H,8-13,17,19,39H2,1-3H3,(H,40,41,42). The molecule has 0 spiro atoms. The molecule has 0 amide bonds. The zero-order valence-corrected chi connectivity index (χ0v) is 61.9. The lowest BCUT2D eigenvalue weighted by Crippen LogP contribution is -2.39. The van der Waals surface area contributed by atoms with Crippen LogP contribution in [0.15, 0.2) is 122 Å². The number of piperidine rings is 2. The minimum atomic E-state index is -4.27. The average Bonchev–Trinajstić information content (AvgIpc) is 1.65. The van der Waals surface area contributed by atoms with Gasteiger partial charge in [-0.05, 0) is 191 Å². The van der Waals surface area contributed by atoms with Crippen LogP contribution in [0.1, 0.15) is 85.8 Å². The van der Waals surface area contributed by atoms with Crippen LogP contribution in [-0.2, 0) is 67.5 Å². The maximum absolute atomic E-state index is 13.4. The molecule has 0 unspecified atom stereocenters. The van der Waals surface area contributed by atoms with E-state index in [2.05, 4.69) is 111 Å². The van der Waals surface area contributed by atoms with Gasteiger partial charge in [0.1, 0.15) is 77.5 Å². The van der Waals surface area contributed by atoms with Gasteiger partial charge in [0.25, 0.3) is 0 Å². The van der Waals surface area contributed by atoms with E-state index in [1.807, 2.05) is 66.7 Å². The summed E-state index contributed by atoms with van der Waals surface area (Å²) in [6.45, 7) is 18.1. The van der Waals surface area contributed by atoms with Crippen molar-refractivity contribution >= 4 is 113 Å². The van der Waals surface area contributed by atoms with Crippen molar-refractivity contribution in [3.05, 3.63) is 182 Å². The molecule has 0 atom stereocenters. The molecule has 0 saturated carbocycles. The Labute approximate surface area is 602 Å². The SMILES string of the molecule is COc1ccc(CNc2ccc(CCn3c(C#N)cc4c(C)c(CN5CCC(Nc6ncnc7sc(CC(F)(F)F)cc67)CC5)ccc43)cc2P(C)(C)=O)cc1.Cc1c(CN2CCC(Nc3ncnc4sc(CC(F)(F)F)cc34)CC2)ccc2c1cc(C#N)n2CCc1ccc(N)c(P(C)(C)=O)c1. The summed E-state index contributed by atoms with van der Waals surface area (Å²) in [4.78, 5) is 23.5. The van der Waals surface area contributed by atoms with Crippen LogP contribution >= 0.6 is 37.0 Å². The highest BCUT2D eigenvalue weighted by molar-refractivity contribution is 7.70. The van der Waals surface area contributed by atoms with Crippen molar-refractivity contribution in [2.45, 2.75) is 122 Å². The van der Waals surface area contributed by atoms with E-state index in [0.717, 1.165) is 154 Å². The van der Waals surface area contributed by atoms with Gasteiger partial charge in [-0.15, -0.1) is 22.7 Å². The fourth-order valence-corrected chi connectivity index (χ4v) is 18.4. The number of benzene rings is 5. The molecule has 2 fully saturated rings. The summed E-state index contributed by atoms with van der Waals surface area (Å²) in [5.41, 5.74) is 18.7. The maximum atomic E-state index is 13.4. The summed E-state index contributed by atoms with van der Waals surface area (Å²) in [5.74, 6) is 1.97. The highest BCUT2D eigenvalue weighted by Crippen LogP contribution is 2.41. The van der Waals surface area contributed by atoms with E-state index in [0.29, 0.717) is 86.9 Å². The molecule has 0 bridgehead atoms. The van der Waals surface area contributed by atoms with Crippen molar-refractivity contribution in [2.75, 3.05) is 81.6 Å². The second-order valence-corrected chi connectivity index (χ2v) is 36.2. The van der Waals surface area contributed by atoms with E-state index in [4.69, 9.17) is 10.5 Å². The first kappa shape index (κ1) is 73.9. The number of halogens is 6. The lowest BCUT2D eigenvalue weighted by atomic mass is 10.0. The number of ether oxygens (including phenoxy) is 1. The van der Waals surface area contributed by atoms with Crippen molar-refractivity contribution < 1.29 is 40.2 Å². The van der Waals surface area contributed by atoms with E-state index in [1.54, 1.807) is 45.9 Å². The van der Waals surface area contributed by atoms with Gasteiger partial charge in [0.05, 0.1) is 30.7 Å². The molecule has 103 heavy (non-hydrogen) atoms. The minimum Gasteiger partial charge on any atom is -0.497 e. The number of nitrogens with two attached hydrogens (primary N) is 1. The van der Waals surface area contributed by atoms with Crippen molar-refractivity contribution in [1.82, 2.24) is 38.9 Å². The van der Waals surface area contributed by atoms with E-state index in [-0.39, 0.29) is 21.8 Å². The molecule has 13 rings (SSSR count). The topological polar surface area (TPSA) is 221 Å². The molecule has 2 saturated heterocycles. The number of nitrogens with zero attached hydrogens (tertiary/aromatic N) is 10. The first-order valence-electron chi connectivity index (χ1n) is 34.2. The average molecular weight is 1480 g/mol. The molecule has 8 heterocycles. The quantitative estimate of drug-likeness (QED) is 0.0282. The highest BCUT2D eigenvalue weighted by atomic mass is 32.1. The Morgan fingerprint density at radius 1 is 0.573 bits per heavy atom. The second-order valence-electron chi connectivity index (χ2n) is 27.6. The van der Waals surface area contributed by atoms with Gasteiger partial charge in [0.2, 0.25) is 0 Å². The second kappa shape index (κ2) is 30.9. The molecular weight excluding hydrogens is 1400 g/mol. The van der Waals surface area contributed by atoms with Gasteiger partial charge in [-0.25, -0.2) is 19.9 Å². The third-order valence-corrected chi connectivity index (χ3v) is 24.7. The molecule has 5 N–H and O–H groups in total. The molecule has 2 aliphatic heterocycles. The fourth-order valence-electron chi connectivity index (χ4n) is 14.0. The summed E-state index contributed by atoms with van der Waals surface area (Å²) >= 11 is 2.12. The van der Waals surface area contributed by atoms with Crippen LogP contribution in [0.4, 0.5) is 49.4 Å². The van der Waals surface area contributed by atoms with Gasteiger partial charge in [-0.3, -0.25) is 9.80 Å². The van der Waals surface area contributed by atoms with Gasteiger partial charge < -0.3 is 44.7 Å². The van der Waals surface area contributed by atoms with Crippen LogP contribution in [-0.4, -0.2) is 123 Å². The number of hydrogen-bond donors (Lipinski definition) is 4. The smallest absolute Gasteiger partial charge is 0.393 e. The summed E-state index contributed by atoms with van der Waals surface area (Å²) < 4.78 is 113. The zero-order valence-electron chi connectivity index (χ0n) is 58.5. The Bertz CT molecular complexity index is 5110. The van der Waals surface area contributed by atoms with Crippen LogP contribution in [0, 0.1) is 36.5 Å². The normalized spacial score (nSPS) is 14.6. The lowest BCUT2D eigenvalue weighted by molar-refractivity contribution is -0.127. The first-order chi connectivity index (χ1) is 49.1. The van der Waals surface area contributed by atoms with E-state index >= 15 is 0 Å². The predicted octanol–water partition coefficient (Wildman–Crippen LogP) is 16.2. The molecule has 2 aliphatic rings. The summed E-state index contributed by atoms with van der Waals surface area (Å²) in [5, 5.41) is 35.5. The molecule has 538 valence electrons. The van der Waals surface area contributed by atoms with E-state index < -0.39 is 39.5 Å². The monoisotopic (exact) mass is 1480 g/mol. The number of nitrogens with one attached hydrogen (secondary N) is 3. The number of aryl methyl sites for hydroxylation is 6. The van der Waals surface area contributed by atoms with Crippen LogP contribution in [0.2, 0.25) is 0 Å². The Balaban J connectivity index is 0.000000197. The van der Waals surface area contributed by atoms with Crippen LogP contribution in [0.25, 0.3) is 42.2 Å². The van der Waals surface area contributed by atoms with Crippen molar-refractivity contribution in [3.63, 3.8) is 0 Å². The van der Waals surface area contributed by atoms with E-state index in [9.17, 15) is 46.0 Å². The molecule has 5 aromatic carbocycles. The number of nitrogen functional groups attached to an aromatic ring is 1. The largest absolute Gasteiger partial charge is 0.497 e. The number of nitriles is 2. The van der Waals surface area contributed by atoms with Gasteiger partial charge in [0, 0.05) is 125 Å². The molecule has 27 heteroatoms. The third-order valence-electron chi connectivity index (χ3n) is 19.5. The Morgan fingerprint density at radius 3 is 1.44 bits per heavy atom. The zero-order chi connectivity index (χ0) is 73.1. The van der Waals surface area contributed by atoms with Crippen molar-refractivity contribution in [2.24, 2.45) is 0 Å². The number of hydrogen-bond acceptors (Lipinski definition) is 17. The van der Waals surface area contributed by atoms with Gasteiger partial charge in [0.15, 0.2) is 0 Å². The maximum Gasteiger partial charge on any atom is 0.393 e. The molecule has 0 aliphatic carbocycles. The molecule has 0 radical (unpaired) electrons. The van der Waals surface area contributed by atoms with Crippen LogP contribution in [0.5, 0.6) is 5.75 Å². The van der Waals surface area contributed by atoms with Crippen molar-refractivity contribution in [3.8, 4) is 17.9 Å². The Kier molecular flexibility index (Phi) is 22.2. The predicted molar refractivity (Wildman–Crippen MR) is 404 cm³/mol. The molecule has 17 nitrogen and oxygen atoms in total. The number of anilines is 4. The molecule has 11 aromatic rings. The van der Waals surface area contributed by atoms with Crippen LogP contribution < -0.4 is 37.0 Å². The Hall–Kier alpha value is -8.80. The van der Waals surface area contributed by atoms with Gasteiger partial charge in [-0.1, -0.05) is 36.4 Å². The molecule has 6 aromatic heterocycles. The van der Waals surface area contributed by atoms with Gasteiger partial charge >= 0.3 is 12.4 Å². The number of alkyl halides is 6. The third kappa shape index (κ3) is 17.9. The van der Waals surface area contributed by atoms with Crippen molar-refractivity contribution in [1.29, 1.82) is 10.5 Å². The minimum absolute atomic E-state index is 0.149. The van der Waals surface area contributed by atoms with E-state index in [1.165, 1.54) is 23.8 Å². The summed E-state index contributed by atoms with van der Waals surface area (Å²) in [6, 6.07) is 40.4. The molecular formula is C76H82F6N14O3P2S2. The highest BCUT2D eigenvalue weighted by Gasteiger charge is 2.32. The number of aromatic nitrogens is 6. The first-order valence-corrected chi connectivity index (χ1v) is 41.0.